The van der Waals surface area contributed by atoms with Gasteiger partial charge >= 0.3 is 0 Å². The maximum atomic E-state index is 13.4. The molecule has 0 aliphatic carbocycles. The summed E-state index contributed by atoms with van der Waals surface area (Å²) in [6.45, 7) is 2.89. The Balaban J connectivity index is 1.56. The van der Waals surface area contributed by atoms with E-state index in [4.69, 9.17) is 21.4 Å². The van der Waals surface area contributed by atoms with Crippen molar-refractivity contribution in [1.29, 1.82) is 0 Å². The van der Waals surface area contributed by atoms with Gasteiger partial charge in [-0.1, -0.05) is 25.1 Å². The number of hydrogen-bond acceptors (Lipinski definition) is 5. The number of para-hydroxylation sites is 1. The minimum absolute atomic E-state index is 0.0181. The maximum absolute atomic E-state index is 13.4. The van der Waals surface area contributed by atoms with Crippen LogP contribution in [0.15, 0.2) is 77.4 Å². The van der Waals surface area contributed by atoms with Gasteiger partial charge in [0.15, 0.2) is 5.11 Å². The number of carbonyl (C=O) groups is 2. The van der Waals surface area contributed by atoms with Crippen molar-refractivity contribution in [2.24, 2.45) is 0 Å². The number of carbonyl (C=O) groups excluding carboxylic acids is 2. The van der Waals surface area contributed by atoms with Crippen molar-refractivity contribution in [2.75, 3.05) is 16.8 Å². The first-order valence-corrected chi connectivity index (χ1v) is 11.2. The second-order valence-electron chi connectivity index (χ2n) is 7.63. The summed E-state index contributed by atoms with van der Waals surface area (Å²) >= 11 is 5.65. The van der Waals surface area contributed by atoms with Gasteiger partial charge < -0.3 is 19.4 Å². The largest absolute Gasteiger partial charge is 0.494 e. The summed E-state index contributed by atoms with van der Waals surface area (Å²) < 4.78 is 11.1. The van der Waals surface area contributed by atoms with Crippen molar-refractivity contribution < 1.29 is 18.7 Å². The lowest BCUT2D eigenvalue weighted by Crippen LogP contribution is -2.46. The number of amides is 2. The molecule has 1 N–H and O–H groups in total. The summed E-state index contributed by atoms with van der Waals surface area (Å²) in [5.74, 6) is 0.734. The zero-order chi connectivity index (χ0) is 23.2. The number of rotatable bonds is 8. The van der Waals surface area contributed by atoms with Crippen LogP contribution >= 0.6 is 12.2 Å². The molecule has 0 saturated carbocycles. The van der Waals surface area contributed by atoms with Gasteiger partial charge in [-0.2, -0.15) is 0 Å². The predicted molar refractivity (Wildman–Crippen MR) is 130 cm³/mol. The van der Waals surface area contributed by atoms with E-state index < -0.39 is 6.04 Å². The van der Waals surface area contributed by atoms with Crippen molar-refractivity contribution in [3.05, 3.63) is 78.8 Å². The number of hydrogen-bond donors (Lipinski definition) is 1. The zero-order valence-corrected chi connectivity index (χ0v) is 19.1. The number of imide groups is 1. The fourth-order valence-corrected chi connectivity index (χ4v) is 3.96. The van der Waals surface area contributed by atoms with E-state index in [1.807, 2.05) is 43.3 Å². The van der Waals surface area contributed by atoms with Gasteiger partial charge in [0.1, 0.15) is 17.6 Å². The molecular formula is C25H25N3O4S. The normalized spacial score (nSPS) is 15.5. The summed E-state index contributed by atoms with van der Waals surface area (Å²) in [5.41, 5.74) is 1.31. The third-order valence-corrected chi connectivity index (χ3v) is 5.60. The summed E-state index contributed by atoms with van der Waals surface area (Å²) in [5, 5.41) is 3.51. The fourth-order valence-electron chi connectivity index (χ4n) is 3.65. The molecule has 33 heavy (non-hydrogen) atoms. The lowest BCUT2D eigenvalue weighted by Gasteiger charge is -2.29. The van der Waals surface area contributed by atoms with Crippen molar-refractivity contribution in [3.63, 3.8) is 0 Å². The molecule has 7 nitrogen and oxygen atoms in total. The molecule has 170 valence electrons. The molecule has 1 aliphatic rings. The van der Waals surface area contributed by atoms with Crippen LogP contribution in [0.5, 0.6) is 5.75 Å². The Morgan fingerprint density at radius 2 is 1.88 bits per heavy atom. The lowest BCUT2D eigenvalue weighted by molar-refractivity contribution is -0.122. The molecule has 2 heterocycles. The second-order valence-corrected chi connectivity index (χ2v) is 8.02. The Labute approximate surface area is 197 Å². The van der Waals surface area contributed by atoms with Gasteiger partial charge in [-0.05, 0) is 67.2 Å². The van der Waals surface area contributed by atoms with E-state index >= 15 is 0 Å². The maximum Gasteiger partial charge on any atom is 0.257 e. The lowest BCUT2D eigenvalue weighted by atomic mass is 10.2. The van der Waals surface area contributed by atoms with E-state index in [0.29, 0.717) is 28.9 Å². The quantitative estimate of drug-likeness (QED) is 0.387. The standard InChI is InChI=1S/C25H25N3O4S/c1-2-14-31-20-12-10-19(11-13-20)28-23(29)16-22(24(28)30)27(17-21-9-6-15-32-21)25(33)26-18-7-4-3-5-8-18/h3-13,15,22H,2,14,16-17H2,1H3,(H,26,33). The number of nitrogens with zero attached hydrogens (tertiary/aromatic N) is 2. The molecule has 8 heteroatoms. The molecule has 1 aliphatic heterocycles. The van der Waals surface area contributed by atoms with Crippen molar-refractivity contribution in [2.45, 2.75) is 32.4 Å². The monoisotopic (exact) mass is 463 g/mol. The molecule has 1 unspecified atom stereocenters. The van der Waals surface area contributed by atoms with Gasteiger partial charge in [-0.25, -0.2) is 4.90 Å². The van der Waals surface area contributed by atoms with Crippen LogP contribution in [0.3, 0.4) is 0 Å². The number of benzene rings is 2. The summed E-state index contributed by atoms with van der Waals surface area (Å²) in [6.07, 6.45) is 2.48. The van der Waals surface area contributed by atoms with E-state index in [1.54, 1.807) is 41.5 Å². The number of anilines is 2. The second kappa shape index (κ2) is 10.3. The summed E-state index contributed by atoms with van der Waals surface area (Å²) in [4.78, 5) is 29.2. The van der Waals surface area contributed by atoms with Crippen LogP contribution in [0, 0.1) is 0 Å². The first kappa shape index (κ1) is 22.5. The highest BCUT2D eigenvalue weighted by atomic mass is 32.1. The Morgan fingerprint density at radius 3 is 2.55 bits per heavy atom. The van der Waals surface area contributed by atoms with Crippen LogP contribution in [0.2, 0.25) is 0 Å². The molecule has 4 rings (SSSR count). The molecule has 1 aromatic heterocycles. The molecule has 1 saturated heterocycles. The zero-order valence-electron chi connectivity index (χ0n) is 18.3. The Bertz CT molecular complexity index is 1100. The Hall–Kier alpha value is -3.65. The number of ether oxygens (including phenoxy) is 1. The average Bonchev–Trinajstić information content (AvgIpc) is 3.44. The molecule has 0 bridgehead atoms. The van der Waals surface area contributed by atoms with E-state index in [-0.39, 0.29) is 24.8 Å². The van der Waals surface area contributed by atoms with Crippen LogP contribution in [-0.4, -0.2) is 34.5 Å². The fraction of sp³-hybridized carbons (Fsp3) is 0.240. The van der Waals surface area contributed by atoms with E-state index in [1.165, 1.54) is 4.90 Å². The van der Waals surface area contributed by atoms with Crippen LogP contribution in [0.1, 0.15) is 25.5 Å². The van der Waals surface area contributed by atoms with Crippen LogP contribution in [0.4, 0.5) is 11.4 Å². The minimum atomic E-state index is -0.748. The minimum Gasteiger partial charge on any atom is -0.494 e. The van der Waals surface area contributed by atoms with Gasteiger partial charge in [-0.15, -0.1) is 0 Å². The van der Waals surface area contributed by atoms with Gasteiger partial charge in [0, 0.05) is 5.69 Å². The summed E-state index contributed by atoms with van der Waals surface area (Å²) in [7, 11) is 0. The van der Waals surface area contributed by atoms with Crippen molar-refractivity contribution in [1.82, 2.24) is 4.90 Å². The third-order valence-electron chi connectivity index (χ3n) is 5.26. The predicted octanol–water partition coefficient (Wildman–Crippen LogP) is 4.60. The van der Waals surface area contributed by atoms with Crippen LogP contribution in [0.25, 0.3) is 0 Å². The highest BCUT2D eigenvalue weighted by molar-refractivity contribution is 7.80. The molecular weight excluding hydrogens is 438 g/mol. The van der Waals surface area contributed by atoms with Gasteiger partial charge in [0.25, 0.3) is 5.91 Å². The molecule has 2 amide bonds. The smallest absolute Gasteiger partial charge is 0.257 e. The van der Waals surface area contributed by atoms with E-state index in [2.05, 4.69) is 5.32 Å². The Kier molecular flexibility index (Phi) is 7.04. The molecule has 0 spiro atoms. The van der Waals surface area contributed by atoms with Crippen molar-refractivity contribution >= 4 is 40.5 Å². The average molecular weight is 464 g/mol. The SMILES string of the molecule is CCCOc1ccc(N2C(=O)CC(N(Cc3ccco3)C(=S)Nc3ccccc3)C2=O)cc1. The number of nitrogens with one attached hydrogen (secondary N) is 1. The molecule has 1 atom stereocenters. The topological polar surface area (TPSA) is 75.0 Å². The van der Waals surface area contributed by atoms with Gasteiger partial charge in [0.05, 0.1) is 31.5 Å². The van der Waals surface area contributed by atoms with Crippen LogP contribution in [-0.2, 0) is 16.1 Å². The Morgan fingerprint density at radius 1 is 1.12 bits per heavy atom. The highest BCUT2D eigenvalue weighted by Crippen LogP contribution is 2.29. The number of thiocarbonyl (C=S) groups is 1. The number of furan rings is 1. The molecule has 2 aromatic carbocycles. The van der Waals surface area contributed by atoms with Gasteiger partial charge in [-0.3, -0.25) is 9.59 Å². The first-order chi connectivity index (χ1) is 16.1. The van der Waals surface area contributed by atoms with Crippen molar-refractivity contribution in [3.8, 4) is 5.75 Å². The first-order valence-electron chi connectivity index (χ1n) is 10.8. The van der Waals surface area contributed by atoms with E-state index in [9.17, 15) is 9.59 Å². The third kappa shape index (κ3) is 5.23. The highest BCUT2D eigenvalue weighted by Gasteiger charge is 2.44. The molecule has 1 fully saturated rings. The molecule has 3 aromatic rings. The molecule has 0 radical (unpaired) electrons. The summed E-state index contributed by atoms with van der Waals surface area (Å²) in [6, 6.07) is 19.3. The van der Waals surface area contributed by atoms with Gasteiger partial charge in [0.2, 0.25) is 5.91 Å². The van der Waals surface area contributed by atoms with E-state index in [0.717, 1.165) is 12.1 Å². The van der Waals surface area contributed by atoms with Crippen LogP contribution < -0.4 is 15.0 Å².